The molecule has 3 heteroatoms. The van der Waals surface area contributed by atoms with Crippen LogP contribution in [-0.4, -0.2) is 26.1 Å². The number of hydrogen-bond donors (Lipinski definition) is 0. The summed E-state index contributed by atoms with van der Waals surface area (Å²) in [5.74, 6) is 0.893. The number of benzene rings is 2. The van der Waals surface area contributed by atoms with E-state index >= 15 is 0 Å². The van der Waals surface area contributed by atoms with Gasteiger partial charge in [-0.1, -0.05) is 36.4 Å². The Kier molecular flexibility index (Phi) is 6.05. The Morgan fingerprint density at radius 3 is 2.35 bits per heavy atom. The summed E-state index contributed by atoms with van der Waals surface area (Å²) in [4.78, 5) is 2.22. The molecule has 20 heavy (non-hydrogen) atoms. The van der Waals surface area contributed by atoms with Crippen molar-refractivity contribution in [3.8, 4) is 16.9 Å². The maximum atomic E-state index is 5.31. The summed E-state index contributed by atoms with van der Waals surface area (Å²) < 4.78 is 5.31. The van der Waals surface area contributed by atoms with Gasteiger partial charge in [-0.25, -0.2) is 0 Å². The van der Waals surface area contributed by atoms with Gasteiger partial charge in [0.25, 0.3) is 0 Å². The molecule has 1 unspecified atom stereocenters. The second-order valence-electron chi connectivity index (χ2n) is 4.96. The molecule has 0 fully saturated rings. The smallest absolute Gasteiger partial charge is 0.119 e. The molecule has 0 spiro atoms. The van der Waals surface area contributed by atoms with Crippen LogP contribution in [0.15, 0.2) is 48.5 Å². The Hall–Kier alpha value is -1.51. The Labute approximate surface area is 127 Å². The van der Waals surface area contributed by atoms with Crippen LogP contribution in [0.2, 0.25) is 0 Å². The van der Waals surface area contributed by atoms with E-state index in [-0.39, 0.29) is 12.4 Å². The molecule has 0 aliphatic carbocycles. The van der Waals surface area contributed by atoms with Gasteiger partial charge in [0.05, 0.1) is 7.11 Å². The van der Waals surface area contributed by atoms with E-state index in [9.17, 15) is 0 Å². The molecule has 2 aromatic rings. The summed E-state index contributed by atoms with van der Waals surface area (Å²) in [6, 6.07) is 17.1. The van der Waals surface area contributed by atoms with Crippen LogP contribution in [0.25, 0.3) is 11.1 Å². The van der Waals surface area contributed by atoms with E-state index in [4.69, 9.17) is 4.74 Å². The quantitative estimate of drug-likeness (QED) is 0.827. The lowest BCUT2D eigenvalue weighted by atomic mass is 9.95. The van der Waals surface area contributed by atoms with E-state index in [1.807, 2.05) is 12.1 Å². The molecule has 0 aliphatic heterocycles. The first kappa shape index (κ1) is 16.5. The number of methoxy groups -OCH3 is 1. The van der Waals surface area contributed by atoms with Gasteiger partial charge in [0, 0.05) is 6.04 Å². The van der Waals surface area contributed by atoms with E-state index in [2.05, 4.69) is 62.3 Å². The highest BCUT2D eigenvalue weighted by Gasteiger charge is 2.13. The zero-order valence-corrected chi connectivity index (χ0v) is 13.3. The van der Waals surface area contributed by atoms with Crippen molar-refractivity contribution in [2.24, 2.45) is 0 Å². The first-order chi connectivity index (χ1) is 9.13. The average Bonchev–Trinajstić information content (AvgIpc) is 2.46. The summed E-state index contributed by atoms with van der Waals surface area (Å²) in [6.45, 7) is 2.22. The predicted molar refractivity (Wildman–Crippen MR) is 87.8 cm³/mol. The number of halogens is 1. The third-order valence-electron chi connectivity index (χ3n) is 3.57. The Balaban J connectivity index is 0.00000200. The maximum Gasteiger partial charge on any atom is 0.119 e. The van der Waals surface area contributed by atoms with E-state index < -0.39 is 0 Å². The summed E-state index contributed by atoms with van der Waals surface area (Å²) in [5, 5.41) is 0. The molecule has 1 atom stereocenters. The average molecular weight is 292 g/mol. The first-order valence-electron chi connectivity index (χ1n) is 6.53. The standard InChI is InChI=1S/C17H21NO.ClH/c1-13(18(2)3)16-10-5-6-11-17(16)14-8-7-9-15(12-14)19-4;/h5-13H,1-4H3;1H. The van der Waals surface area contributed by atoms with Crippen LogP contribution < -0.4 is 4.74 Å². The molecular weight excluding hydrogens is 270 g/mol. The van der Waals surface area contributed by atoms with Gasteiger partial charge in [-0.05, 0) is 49.8 Å². The van der Waals surface area contributed by atoms with Crippen molar-refractivity contribution in [2.45, 2.75) is 13.0 Å². The second-order valence-corrected chi connectivity index (χ2v) is 4.96. The van der Waals surface area contributed by atoms with E-state index in [1.165, 1.54) is 16.7 Å². The molecule has 0 heterocycles. The Morgan fingerprint density at radius 2 is 1.70 bits per heavy atom. The topological polar surface area (TPSA) is 12.5 Å². The molecule has 0 radical (unpaired) electrons. The van der Waals surface area contributed by atoms with Crippen LogP contribution >= 0.6 is 12.4 Å². The summed E-state index contributed by atoms with van der Waals surface area (Å²) >= 11 is 0. The van der Waals surface area contributed by atoms with Crippen molar-refractivity contribution in [1.29, 1.82) is 0 Å². The van der Waals surface area contributed by atoms with Crippen molar-refractivity contribution in [1.82, 2.24) is 4.90 Å². The summed E-state index contributed by atoms with van der Waals surface area (Å²) in [7, 11) is 5.91. The lowest BCUT2D eigenvalue weighted by molar-refractivity contribution is 0.322. The molecule has 0 N–H and O–H groups in total. The van der Waals surface area contributed by atoms with Crippen molar-refractivity contribution in [3.63, 3.8) is 0 Å². The number of ether oxygens (including phenoxy) is 1. The van der Waals surface area contributed by atoms with Crippen LogP contribution in [-0.2, 0) is 0 Å². The third-order valence-corrected chi connectivity index (χ3v) is 3.57. The Bertz CT molecular complexity index is 554. The molecule has 2 nitrogen and oxygen atoms in total. The van der Waals surface area contributed by atoms with Crippen LogP contribution in [0.4, 0.5) is 0 Å². The van der Waals surface area contributed by atoms with Gasteiger partial charge in [-0.2, -0.15) is 0 Å². The fraction of sp³-hybridized carbons (Fsp3) is 0.294. The summed E-state index contributed by atoms with van der Waals surface area (Å²) in [5.41, 5.74) is 3.80. The Morgan fingerprint density at radius 1 is 1.00 bits per heavy atom. The van der Waals surface area contributed by atoms with Gasteiger partial charge in [-0.3, -0.25) is 0 Å². The molecule has 0 saturated heterocycles. The number of nitrogens with zero attached hydrogens (tertiary/aromatic N) is 1. The van der Waals surface area contributed by atoms with Gasteiger partial charge in [0.2, 0.25) is 0 Å². The maximum absolute atomic E-state index is 5.31. The molecular formula is C17H22ClNO. The number of hydrogen-bond acceptors (Lipinski definition) is 2. The zero-order valence-electron chi connectivity index (χ0n) is 12.5. The summed E-state index contributed by atoms with van der Waals surface area (Å²) in [6.07, 6.45) is 0. The van der Waals surface area contributed by atoms with Crippen molar-refractivity contribution in [3.05, 3.63) is 54.1 Å². The van der Waals surface area contributed by atoms with Gasteiger partial charge >= 0.3 is 0 Å². The molecule has 0 saturated carbocycles. The highest BCUT2D eigenvalue weighted by Crippen LogP contribution is 2.31. The van der Waals surface area contributed by atoms with E-state index in [0.29, 0.717) is 6.04 Å². The van der Waals surface area contributed by atoms with Crippen LogP contribution in [0.1, 0.15) is 18.5 Å². The largest absolute Gasteiger partial charge is 0.497 e. The third kappa shape index (κ3) is 3.53. The highest BCUT2D eigenvalue weighted by atomic mass is 35.5. The van der Waals surface area contributed by atoms with E-state index in [1.54, 1.807) is 7.11 Å². The van der Waals surface area contributed by atoms with Crippen molar-refractivity contribution in [2.75, 3.05) is 21.2 Å². The first-order valence-corrected chi connectivity index (χ1v) is 6.53. The van der Waals surface area contributed by atoms with Crippen LogP contribution in [0.3, 0.4) is 0 Å². The molecule has 2 aromatic carbocycles. The van der Waals surface area contributed by atoms with Crippen molar-refractivity contribution >= 4 is 12.4 Å². The molecule has 0 bridgehead atoms. The fourth-order valence-electron chi connectivity index (χ4n) is 2.19. The van der Waals surface area contributed by atoms with Gasteiger partial charge in [0.1, 0.15) is 5.75 Å². The fourth-order valence-corrected chi connectivity index (χ4v) is 2.19. The molecule has 0 aromatic heterocycles. The minimum Gasteiger partial charge on any atom is -0.497 e. The van der Waals surface area contributed by atoms with Gasteiger partial charge in [0.15, 0.2) is 0 Å². The number of rotatable bonds is 4. The van der Waals surface area contributed by atoms with Crippen molar-refractivity contribution < 1.29 is 4.74 Å². The molecule has 2 rings (SSSR count). The lowest BCUT2D eigenvalue weighted by Gasteiger charge is -2.23. The monoisotopic (exact) mass is 291 g/mol. The molecule has 0 amide bonds. The highest BCUT2D eigenvalue weighted by molar-refractivity contribution is 5.85. The van der Waals surface area contributed by atoms with E-state index in [0.717, 1.165) is 5.75 Å². The minimum atomic E-state index is 0. The SMILES string of the molecule is COc1cccc(-c2ccccc2C(C)N(C)C)c1.Cl. The lowest BCUT2D eigenvalue weighted by Crippen LogP contribution is -2.17. The van der Waals surface area contributed by atoms with Crippen LogP contribution in [0, 0.1) is 0 Å². The zero-order chi connectivity index (χ0) is 13.8. The predicted octanol–water partition coefficient (Wildman–Crippen LogP) is 4.41. The van der Waals surface area contributed by atoms with Gasteiger partial charge < -0.3 is 9.64 Å². The normalized spacial score (nSPS) is 11.8. The van der Waals surface area contributed by atoms with Gasteiger partial charge in [-0.15, -0.1) is 12.4 Å². The second kappa shape index (κ2) is 7.32. The molecule has 108 valence electrons. The van der Waals surface area contributed by atoms with Crippen LogP contribution in [0.5, 0.6) is 5.75 Å². The molecule has 0 aliphatic rings. The minimum absolute atomic E-state index is 0.